The van der Waals surface area contributed by atoms with Gasteiger partial charge in [0.05, 0.1) is 28.9 Å². The molecule has 4 rings (SSSR count). The lowest BCUT2D eigenvalue weighted by Crippen LogP contribution is -2.29. The molecule has 0 bridgehead atoms. The van der Waals surface area contributed by atoms with Gasteiger partial charge >= 0.3 is 0 Å². The van der Waals surface area contributed by atoms with Gasteiger partial charge in [0.2, 0.25) is 0 Å². The molecule has 0 fully saturated rings. The smallest absolute Gasteiger partial charge is 0.127 e. The van der Waals surface area contributed by atoms with E-state index < -0.39 is 0 Å². The molecule has 0 amide bonds. The van der Waals surface area contributed by atoms with E-state index in [4.69, 9.17) is 4.74 Å². The molecule has 0 spiro atoms. The SMILES string of the molecule is CCN1c2ccccc2N(CC)c2cc(-c3ccccc3OC(C)C)ccc21. The highest BCUT2D eigenvalue weighted by molar-refractivity contribution is 5.95. The quantitative estimate of drug-likeness (QED) is 0.491. The molecule has 28 heavy (non-hydrogen) atoms. The van der Waals surface area contributed by atoms with Crippen LogP contribution in [0.15, 0.2) is 66.7 Å². The third-order valence-electron chi connectivity index (χ3n) is 5.21. The van der Waals surface area contributed by atoms with Crippen LogP contribution in [-0.2, 0) is 0 Å². The van der Waals surface area contributed by atoms with E-state index in [2.05, 4.69) is 98.2 Å². The van der Waals surface area contributed by atoms with E-state index in [1.165, 1.54) is 28.3 Å². The van der Waals surface area contributed by atoms with Gasteiger partial charge in [-0.2, -0.15) is 0 Å². The van der Waals surface area contributed by atoms with Gasteiger partial charge in [0.15, 0.2) is 0 Å². The summed E-state index contributed by atoms with van der Waals surface area (Å²) in [6.07, 6.45) is 0.147. The van der Waals surface area contributed by atoms with Crippen molar-refractivity contribution in [1.82, 2.24) is 0 Å². The first-order chi connectivity index (χ1) is 13.6. The maximum atomic E-state index is 6.07. The summed E-state index contributed by atoms with van der Waals surface area (Å²) in [7, 11) is 0. The van der Waals surface area contributed by atoms with Crippen molar-refractivity contribution in [3.05, 3.63) is 66.7 Å². The van der Waals surface area contributed by atoms with E-state index in [9.17, 15) is 0 Å². The number of ether oxygens (including phenoxy) is 1. The Morgan fingerprint density at radius 3 is 1.93 bits per heavy atom. The van der Waals surface area contributed by atoms with Crippen molar-refractivity contribution in [3.8, 4) is 16.9 Å². The van der Waals surface area contributed by atoms with Gasteiger partial charge in [0.25, 0.3) is 0 Å². The maximum absolute atomic E-state index is 6.07. The zero-order chi connectivity index (χ0) is 19.7. The Hall–Kier alpha value is -2.94. The van der Waals surface area contributed by atoms with Crippen LogP contribution in [0, 0.1) is 0 Å². The maximum Gasteiger partial charge on any atom is 0.127 e. The first kappa shape index (κ1) is 18.4. The minimum atomic E-state index is 0.147. The first-order valence-corrected chi connectivity index (χ1v) is 10.2. The molecule has 0 radical (unpaired) electrons. The van der Waals surface area contributed by atoms with Crippen LogP contribution in [0.1, 0.15) is 27.7 Å². The van der Waals surface area contributed by atoms with Crippen LogP contribution >= 0.6 is 0 Å². The van der Waals surface area contributed by atoms with Crippen molar-refractivity contribution in [3.63, 3.8) is 0 Å². The number of hydrogen-bond acceptors (Lipinski definition) is 3. The fourth-order valence-electron chi connectivity index (χ4n) is 4.06. The average Bonchev–Trinajstić information content (AvgIpc) is 2.71. The largest absolute Gasteiger partial charge is 0.490 e. The van der Waals surface area contributed by atoms with Crippen LogP contribution in [0.2, 0.25) is 0 Å². The molecule has 0 aromatic heterocycles. The Labute approximate surface area is 168 Å². The lowest BCUT2D eigenvalue weighted by Gasteiger charge is -2.39. The molecule has 0 aliphatic carbocycles. The summed E-state index contributed by atoms with van der Waals surface area (Å²) in [5.74, 6) is 0.934. The minimum Gasteiger partial charge on any atom is -0.490 e. The average molecular weight is 373 g/mol. The van der Waals surface area contributed by atoms with E-state index in [1.807, 2.05) is 6.07 Å². The van der Waals surface area contributed by atoms with Crippen LogP contribution in [0.25, 0.3) is 11.1 Å². The van der Waals surface area contributed by atoms with Crippen LogP contribution < -0.4 is 14.5 Å². The van der Waals surface area contributed by atoms with Gasteiger partial charge in [-0.3, -0.25) is 0 Å². The van der Waals surface area contributed by atoms with Crippen molar-refractivity contribution in [1.29, 1.82) is 0 Å². The molecular weight excluding hydrogens is 344 g/mol. The molecule has 0 saturated heterocycles. The van der Waals surface area contributed by atoms with Gasteiger partial charge in [-0.1, -0.05) is 36.4 Å². The van der Waals surface area contributed by atoms with Crippen molar-refractivity contribution in [2.75, 3.05) is 22.9 Å². The van der Waals surface area contributed by atoms with Gasteiger partial charge in [-0.05, 0) is 63.6 Å². The molecule has 0 saturated carbocycles. The van der Waals surface area contributed by atoms with Gasteiger partial charge in [-0.25, -0.2) is 0 Å². The molecule has 3 heteroatoms. The Morgan fingerprint density at radius 1 is 0.714 bits per heavy atom. The zero-order valence-corrected chi connectivity index (χ0v) is 17.1. The van der Waals surface area contributed by atoms with Gasteiger partial charge < -0.3 is 14.5 Å². The fourth-order valence-corrected chi connectivity index (χ4v) is 4.06. The summed E-state index contributed by atoms with van der Waals surface area (Å²) < 4.78 is 6.07. The Balaban J connectivity index is 1.86. The molecule has 1 heterocycles. The van der Waals surface area contributed by atoms with E-state index in [-0.39, 0.29) is 6.10 Å². The predicted molar refractivity (Wildman–Crippen MR) is 119 cm³/mol. The highest BCUT2D eigenvalue weighted by atomic mass is 16.5. The summed E-state index contributed by atoms with van der Waals surface area (Å²) in [6, 6.07) is 23.7. The van der Waals surface area contributed by atoms with Gasteiger partial charge in [0.1, 0.15) is 5.75 Å². The Kier molecular flexibility index (Phi) is 4.99. The number of fused-ring (bicyclic) bond motifs is 2. The zero-order valence-electron chi connectivity index (χ0n) is 17.1. The molecule has 0 unspecified atom stereocenters. The summed E-state index contributed by atoms with van der Waals surface area (Å²) >= 11 is 0. The summed E-state index contributed by atoms with van der Waals surface area (Å²) in [5, 5.41) is 0. The first-order valence-electron chi connectivity index (χ1n) is 10.2. The molecule has 1 aliphatic rings. The van der Waals surface area contributed by atoms with Crippen molar-refractivity contribution in [2.45, 2.75) is 33.8 Å². The number of benzene rings is 3. The monoisotopic (exact) mass is 372 g/mol. The third kappa shape index (κ3) is 3.11. The molecule has 1 aliphatic heterocycles. The van der Waals surface area contributed by atoms with Crippen LogP contribution in [0.4, 0.5) is 22.7 Å². The summed E-state index contributed by atoms with van der Waals surface area (Å²) in [4.78, 5) is 4.81. The van der Waals surface area contributed by atoms with Crippen LogP contribution in [-0.4, -0.2) is 19.2 Å². The fraction of sp³-hybridized carbons (Fsp3) is 0.280. The van der Waals surface area contributed by atoms with E-state index >= 15 is 0 Å². The summed E-state index contributed by atoms with van der Waals surface area (Å²) in [6.45, 7) is 10.4. The second-order valence-corrected chi connectivity index (χ2v) is 7.34. The van der Waals surface area contributed by atoms with E-state index in [1.54, 1.807) is 0 Å². The Morgan fingerprint density at radius 2 is 1.29 bits per heavy atom. The van der Waals surface area contributed by atoms with Crippen molar-refractivity contribution >= 4 is 22.7 Å². The molecule has 3 aromatic rings. The normalized spacial score (nSPS) is 12.8. The number of nitrogens with zero attached hydrogens (tertiary/aromatic N) is 2. The molecule has 3 nitrogen and oxygen atoms in total. The standard InChI is InChI=1S/C25H28N2O/c1-5-26-21-12-8-9-13-22(21)27(6-2)24-17-19(15-16-23(24)26)20-11-7-10-14-25(20)28-18(3)4/h7-18H,5-6H2,1-4H3. The molecular formula is C25H28N2O. The lowest BCUT2D eigenvalue weighted by molar-refractivity contribution is 0.243. The highest BCUT2D eigenvalue weighted by Crippen LogP contribution is 2.49. The second-order valence-electron chi connectivity index (χ2n) is 7.34. The van der Waals surface area contributed by atoms with Crippen molar-refractivity contribution in [2.24, 2.45) is 0 Å². The number of hydrogen-bond donors (Lipinski definition) is 0. The number of rotatable bonds is 5. The molecule has 3 aromatic carbocycles. The molecule has 144 valence electrons. The van der Waals surface area contributed by atoms with E-state index in [0.29, 0.717) is 0 Å². The second kappa shape index (κ2) is 7.59. The number of anilines is 4. The molecule has 0 atom stereocenters. The summed E-state index contributed by atoms with van der Waals surface area (Å²) in [5.41, 5.74) is 7.37. The van der Waals surface area contributed by atoms with Crippen molar-refractivity contribution < 1.29 is 4.74 Å². The predicted octanol–water partition coefficient (Wildman–Crippen LogP) is 6.77. The number of para-hydroxylation sites is 3. The lowest BCUT2D eigenvalue weighted by atomic mass is 10.00. The van der Waals surface area contributed by atoms with Gasteiger partial charge in [-0.15, -0.1) is 0 Å². The topological polar surface area (TPSA) is 15.7 Å². The van der Waals surface area contributed by atoms with E-state index in [0.717, 1.165) is 24.4 Å². The van der Waals surface area contributed by atoms with Crippen LogP contribution in [0.5, 0.6) is 5.75 Å². The third-order valence-corrected chi connectivity index (χ3v) is 5.21. The minimum absolute atomic E-state index is 0.147. The Bertz CT molecular complexity index is 980. The van der Waals surface area contributed by atoms with Gasteiger partial charge in [0, 0.05) is 18.7 Å². The van der Waals surface area contributed by atoms with Crippen LogP contribution in [0.3, 0.4) is 0 Å². The molecule has 0 N–H and O–H groups in total. The highest BCUT2D eigenvalue weighted by Gasteiger charge is 2.27.